The van der Waals surface area contributed by atoms with E-state index in [1.54, 1.807) is 0 Å². The maximum Gasteiger partial charge on any atom is 0.221 e. The van der Waals surface area contributed by atoms with Crippen LogP contribution in [0.25, 0.3) is 5.69 Å². The fourth-order valence-electron chi connectivity index (χ4n) is 5.75. The molecule has 0 bridgehead atoms. The molecule has 4 aromatic carbocycles. The lowest BCUT2D eigenvalue weighted by Crippen LogP contribution is -2.46. The summed E-state index contributed by atoms with van der Waals surface area (Å²) in [6.07, 6.45) is 0. The van der Waals surface area contributed by atoms with E-state index < -0.39 is 0 Å². The Balaban J connectivity index is 1.41. The predicted molar refractivity (Wildman–Crippen MR) is 175 cm³/mol. The van der Waals surface area contributed by atoms with Crippen molar-refractivity contribution in [3.8, 4) is 11.4 Å². The molecule has 1 atom stereocenters. The minimum Gasteiger partial charge on any atom is -0.494 e. The van der Waals surface area contributed by atoms with Gasteiger partial charge in [-0.3, -0.25) is 4.79 Å². The molecule has 2 aliphatic rings. The summed E-state index contributed by atoms with van der Waals surface area (Å²) in [4.78, 5) is 24.1. The zero-order valence-electron chi connectivity index (χ0n) is 24.7. The number of aliphatic imine (C=N–C) groups is 2. The molecule has 0 aliphatic carbocycles. The van der Waals surface area contributed by atoms with Crippen LogP contribution in [0.15, 0.2) is 113 Å². The van der Waals surface area contributed by atoms with E-state index in [1.807, 2.05) is 103 Å². The third-order valence-corrected chi connectivity index (χ3v) is 7.61. The number of rotatable bonds is 6. The monoisotopic (exact) mass is 581 g/mol. The summed E-state index contributed by atoms with van der Waals surface area (Å²) in [7, 11) is 0. The number of aryl methyl sites for hydroxylation is 1. The highest BCUT2D eigenvalue weighted by molar-refractivity contribution is 6.51. The van der Waals surface area contributed by atoms with Crippen LogP contribution in [0.3, 0.4) is 0 Å². The molecule has 44 heavy (non-hydrogen) atoms. The molecule has 0 saturated heterocycles. The summed E-state index contributed by atoms with van der Waals surface area (Å²) >= 11 is 0. The summed E-state index contributed by atoms with van der Waals surface area (Å²) in [5.74, 6) is 2.75. The summed E-state index contributed by atoms with van der Waals surface area (Å²) in [5, 5.41) is 11.3. The molecule has 2 N–H and O–H groups in total. The van der Waals surface area contributed by atoms with Gasteiger partial charge in [-0.1, -0.05) is 42.5 Å². The van der Waals surface area contributed by atoms with Crippen molar-refractivity contribution in [3.63, 3.8) is 0 Å². The van der Waals surface area contributed by atoms with Crippen molar-refractivity contribution in [2.24, 2.45) is 9.98 Å². The number of hydrogen-bond acceptors (Lipinski definition) is 7. The summed E-state index contributed by atoms with van der Waals surface area (Å²) in [6, 6.07) is 33.7. The normalized spacial score (nSPS) is 14.9. The Morgan fingerprint density at radius 3 is 2.30 bits per heavy atom. The Hall–Kier alpha value is -5.70. The maximum absolute atomic E-state index is 11.5. The largest absolute Gasteiger partial charge is 0.494 e. The predicted octanol–water partition coefficient (Wildman–Crippen LogP) is 7.33. The first kappa shape index (κ1) is 27.2. The zero-order valence-corrected chi connectivity index (χ0v) is 24.7. The van der Waals surface area contributed by atoms with Gasteiger partial charge in [0.25, 0.3) is 0 Å². The zero-order chi connectivity index (χ0) is 30.2. The molecule has 1 aromatic heterocycles. The van der Waals surface area contributed by atoms with Crippen molar-refractivity contribution in [2.45, 2.75) is 26.8 Å². The van der Waals surface area contributed by atoms with Crippen LogP contribution < -0.4 is 20.3 Å². The Labute approximate surface area is 255 Å². The average molecular weight is 582 g/mol. The molecule has 0 fully saturated rings. The van der Waals surface area contributed by atoms with Crippen LogP contribution in [0.1, 0.15) is 36.7 Å². The second kappa shape index (κ2) is 11.2. The topological polar surface area (TPSA) is 96.1 Å². The van der Waals surface area contributed by atoms with Crippen molar-refractivity contribution in [1.82, 2.24) is 9.78 Å². The van der Waals surface area contributed by atoms with Crippen molar-refractivity contribution in [3.05, 3.63) is 120 Å². The lowest BCUT2D eigenvalue weighted by atomic mass is 9.93. The number of aromatic nitrogens is 2. The SMILES string of the molecule is CCOc1ccc(C2c3c(C)nn(-c4ccccc4)c3N=C3C(Nc4ccc(NC(C)=O)cc4)=Nc4ccccc4N32)cc1. The molecule has 218 valence electrons. The summed E-state index contributed by atoms with van der Waals surface area (Å²) in [5.41, 5.74) is 7.25. The first-order valence-electron chi connectivity index (χ1n) is 14.6. The van der Waals surface area contributed by atoms with E-state index in [0.717, 1.165) is 56.8 Å². The number of benzene rings is 4. The third kappa shape index (κ3) is 4.88. The highest BCUT2D eigenvalue weighted by Gasteiger charge is 2.41. The first-order chi connectivity index (χ1) is 21.5. The Morgan fingerprint density at radius 2 is 1.57 bits per heavy atom. The molecule has 0 spiro atoms. The number of carbonyl (C=O) groups excluding carboxylic acids is 1. The molecule has 1 amide bonds. The number of nitrogens with one attached hydrogen (secondary N) is 2. The number of anilines is 3. The molecule has 9 nitrogen and oxygen atoms in total. The molecule has 1 unspecified atom stereocenters. The van der Waals surface area contributed by atoms with Crippen molar-refractivity contribution >= 4 is 46.1 Å². The number of para-hydroxylation sites is 3. The van der Waals surface area contributed by atoms with Gasteiger partial charge in [-0.05, 0) is 80.1 Å². The molecular weight excluding hydrogens is 550 g/mol. The molecular formula is C35H31N7O2. The van der Waals surface area contributed by atoms with Crippen LogP contribution in [-0.4, -0.2) is 34.0 Å². The molecule has 9 heteroatoms. The van der Waals surface area contributed by atoms with Gasteiger partial charge in [0.15, 0.2) is 17.5 Å². The molecule has 7 rings (SSSR count). The van der Waals surface area contributed by atoms with E-state index in [0.29, 0.717) is 18.3 Å². The van der Waals surface area contributed by atoms with Crippen molar-refractivity contribution in [1.29, 1.82) is 0 Å². The van der Waals surface area contributed by atoms with Crippen LogP contribution in [0.4, 0.5) is 28.6 Å². The second-order valence-electron chi connectivity index (χ2n) is 10.6. The molecule has 0 radical (unpaired) electrons. The van der Waals surface area contributed by atoms with Gasteiger partial charge in [0.1, 0.15) is 5.75 Å². The minimum absolute atomic E-state index is 0.118. The summed E-state index contributed by atoms with van der Waals surface area (Å²) < 4.78 is 7.69. The Kier molecular flexibility index (Phi) is 6.90. The Morgan fingerprint density at radius 1 is 0.864 bits per heavy atom. The number of hydrogen-bond donors (Lipinski definition) is 2. The standard InChI is InChI=1S/C35H31N7O2/c1-4-44-28-20-14-24(15-21-28)32-31-22(2)40-42(27-10-6-5-7-11-27)34(31)39-35-33(38-29-12-8-9-13-30(29)41(32)35)37-26-18-16-25(17-19-26)36-23(3)43/h5-21,32H,4H2,1-3H3,(H,36,43)(H,37,38). The number of amidine groups is 2. The minimum atomic E-state index is -0.235. The highest BCUT2D eigenvalue weighted by Crippen LogP contribution is 2.48. The quantitative estimate of drug-likeness (QED) is 0.219. The van der Waals surface area contributed by atoms with Gasteiger partial charge in [0.05, 0.1) is 35.4 Å². The van der Waals surface area contributed by atoms with Crippen molar-refractivity contribution in [2.75, 3.05) is 22.1 Å². The lowest BCUT2D eigenvalue weighted by Gasteiger charge is -2.40. The fraction of sp³-hybridized carbons (Fsp3) is 0.143. The number of carbonyl (C=O) groups is 1. The van der Waals surface area contributed by atoms with E-state index in [-0.39, 0.29) is 11.9 Å². The van der Waals surface area contributed by atoms with E-state index in [9.17, 15) is 4.79 Å². The van der Waals surface area contributed by atoms with E-state index in [1.165, 1.54) is 6.92 Å². The number of ether oxygens (including phenoxy) is 1. The van der Waals surface area contributed by atoms with Gasteiger partial charge in [0.2, 0.25) is 5.91 Å². The lowest BCUT2D eigenvalue weighted by molar-refractivity contribution is -0.114. The number of amides is 1. The number of fused-ring (bicyclic) bond motifs is 4. The molecule has 5 aromatic rings. The second-order valence-corrected chi connectivity index (χ2v) is 10.6. The van der Waals surface area contributed by atoms with Gasteiger partial charge < -0.3 is 20.3 Å². The molecule has 3 heterocycles. The van der Waals surface area contributed by atoms with Crippen molar-refractivity contribution < 1.29 is 9.53 Å². The molecule has 0 saturated carbocycles. The van der Waals surface area contributed by atoms with Gasteiger partial charge >= 0.3 is 0 Å². The average Bonchev–Trinajstić information content (AvgIpc) is 3.37. The van der Waals surface area contributed by atoms with Crippen LogP contribution >= 0.6 is 0 Å². The van der Waals surface area contributed by atoms with Gasteiger partial charge in [0, 0.05) is 23.9 Å². The van der Waals surface area contributed by atoms with Gasteiger partial charge in [-0.15, -0.1) is 0 Å². The number of nitrogens with zero attached hydrogens (tertiary/aromatic N) is 5. The van der Waals surface area contributed by atoms with Crippen LogP contribution in [-0.2, 0) is 4.79 Å². The van der Waals surface area contributed by atoms with Gasteiger partial charge in [-0.25, -0.2) is 14.7 Å². The maximum atomic E-state index is 11.5. The Bertz CT molecular complexity index is 1910. The van der Waals surface area contributed by atoms with Crippen LogP contribution in [0.2, 0.25) is 0 Å². The fourth-order valence-corrected chi connectivity index (χ4v) is 5.75. The van der Waals surface area contributed by atoms with E-state index >= 15 is 0 Å². The van der Waals surface area contributed by atoms with Gasteiger partial charge in [-0.2, -0.15) is 5.10 Å². The van der Waals surface area contributed by atoms with Crippen LogP contribution in [0.5, 0.6) is 5.75 Å². The highest BCUT2D eigenvalue weighted by atomic mass is 16.5. The first-order valence-corrected chi connectivity index (χ1v) is 14.6. The van der Waals surface area contributed by atoms with E-state index in [4.69, 9.17) is 19.8 Å². The van der Waals surface area contributed by atoms with Crippen LogP contribution in [0, 0.1) is 6.92 Å². The summed E-state index contributed by atoms with van der Waals surface area (Å²) in [6.45, 7) is 6.12. The van der Waals surface area contributed by atoms with E-state index in [2.05, 4.69) is 33.7 Å². The molecule has 2 aliphatic heterocycles. The smallest absolute Gasteiger partial charge is 0.221 e. The third-order valence-electron chi connectivity index (χ3n) is 7.61.